The Labute approximate surface area is 133 Å². The number of piperidine rings is 1. The molecule has 5 nitrogen and oxygen atoms in total. The lowest BCUT2D eigenvalue weighted by Crippen LogP contribution is -2.53. The van der Waals surface area contributed by atoms with Gasteiger partial charge in [0.1, 0.15) is 11.3 Å². The molecule has 1 aromatic carbocycles. The quantitative estimate of drug-likeness (QED) is 0.906. The maximum Gasteiger partial charge on any atom is 0.253 e. The van der Waals surface area contributed by atoms with Gasteiger partial charge in [0.15, 0.2) is 0 Å². The maximum absolute atomic E-state index is 12.5. The molecule has 1 amide bonds. The summed E-state index contributed by atoms with van der Waals surface area (Å²) in [5.74, 6) is 0.351. The first-order chi connectivity index (χ1) is 9.99. The number of carbonyl (C=O) groups is 1. The molecule has 0 spiro atoms. The number of hydrogen-bond donors (Lipinski definition) is 1. The first-order valence-electron chi connectivity index (χ1n) is 6.75. The van der Waals surface area contributed by atoms with Gasteiger partial charge in [0.05, 0.1) is 18.7 Å². The topological polar surface area (TPSA) is 65.4 Å². The summed E-state index contributed by atoms with van der Waals surface area (Å²) in [5, 5.41) is 12.4. The highest BCUT2D eigenvalue weighted by Gasteiger charge is 2.35. The number of benzene rings is 1. The molecule has 1 saturated heterocycles. The molecule has 1 aliphatic heterocycles. The molecule has 0 saturated carbocycles. The second-order valence-corrected chi connectivity index (χ2v) is 6.15. The van der Waals surface area contributed by atoms with E-state index in [4.69, 9.17) is 4.74 Å². The van der Waals surface area contributed by atoms with Gasteiger partial charge in [-0.3, -0.25) is 4.79 Å². The number of methoxy groups -OCH3 is 1. The van der Waals surface area contributed by atoms with Gasteiger partial charge in [-0.1, -0.05) is 0 Å². The molecule has 1 fully saturated rings. The van der Waals surface area contributed by atoms with Crippen molar-refractivity contribution >= 4 is 21.8 Å². The van der Waals surface area contributed by atoms with E-state index in [1.165, 1.54) is 0 Å². The summed E-state index contributed by atoms with van der Waals surface area (Å²) in [6.07, 6.45) is 1.26. The van der Waals surface area contributed by atoms with E-state index in [2.05, 4.69) is 32.2 Å². The fraction of sp³-hybridized carbons (Fsp3) is 0.467. The van der Waals surface area contributed by atoms with Crippen molar-refractivity contribution in [3.05, 3.63) is 28.2 Å². The SMILES string of the molecule is COc1ccc(Br)c(C(=O)NC2(C#N)CCN(C)CC2)c1. The summed E-state index contributed by atoms with van der Waals surface area (Å²) in [6.45, 7) is 1.60. The van der Waals surface area contributed by atoms with Crippen LogP contribution in [0.2, 0.25) is 0 Å². The number of nitriles is 1. The van der Waals surface area contributed by atoms with Gasteiger partial charge in [0.25, 0.3) is 5.91 Å². The summed E-state index contributed by atoms with van der Waals surface area (Å²) in [6, 6.07) is 7.49. The highest BCUT2D eigenvalue weighted by molar-refractivity contribution is 9.10. The predicted octanol–water partition coefficient (Wildman–Crippen LogP) is 2.18. The first kappa shape index (κ1) is 15.8. The molecular weight excluding hydrogens is 334 g/mol. The van der Waals surface area contributed by atoms with Crippen molar-refractivity contribution in [2.45, 2.75) is 18.4 Å². The van der Waals surface area contributed by atoms with Crippen LogP contribution in [0.25, 0.3) is 0 Å². The van der Waals surface area contributed by atoms with Crippen molar-refractivity contribution in [1.29, 1.82) is 5.26 Å². The minimum atomic E-state index is -0.786. The normalized spacial score (nSPS) is 17.8. The van der Waals surface area contributed by atoms with E-state index < -0.39 is 5.54 Å². The minimum Gasteiger partial charge on any atom is -0.497 e. The van der Waals surface area contributed by atoms with Gasteiger partial charge >= 0.3 is 0 Å². The van der Waals surface area contributed by atoms with Crippen LogP contribution in [0.15, 0.2) is 22.7 Å². The highest BCUT2D eigenvalue weighted by Crippen LogP contribution is 2.25. The van der Waals surface area contributed by atoms with E-state index in [1.807, 2.05) is 7.05 Å². The molecule has 1 aromatic rings. The molecule has 0 aliphatic carbocycles. The third-order valence-electron chi connectivity index (χ3n) is 3.83. The van der Waals surface area contributed by atoms with Gasteiger partial charge in [-0.2, -0.15) is 5.26 Å². The summed E-state index contributed by atoms with van der Waals surface area (Å²) in [7, 11) is 3.57. The summed E-state index contributed by atoms with van der Waals surface area (Å²) >= 11 is 3.37. The van der Waals surface area contributed by atoms with E-state index >= 15 is 0 Å². The third-order valence-corrected chi connectivity index (χ3v) is 4.52. The molecule has 1 aliphatic rings. The number of rotatable bonds is 3. The molecule has 0 aromatic heterocycles. The summed E-state index contributed by atoms with van der Waals surface area (Å²) in [5.41, 5.74) is -0.311. The van der Waals surface area contributed by atoms with Crippen molar-refractivity contribution in [3.63, 3.8) is 0 Å². The first-order valence-corrected chi connectivity index (χ1v) is 7.55. The average molecular weight is 352 g/mol. The van der Waals surface area contributed by atoms with Crippen molar-refractivity contribution in [3.8, 4) is 11.8 Å². The molecule has 0 atom stereocenters. The highest BCUT2D eigenvalue weighted by atomic mass is 79.9. The second-order valence-electron chi connectivity index (χ2n) is 5.30. The van der Waals surface area contributed by atoms with Crippen molar-refractivity contribution < 1.29 is 9.53 Å². The Kier molecular flexibility index (Phi) is 4.86. The van der Waals surface area contributed by atoms with Crippen LogP contribution in [0, 0.1) is 11.3 Å². The summed E-state index contributed by atoms with van der Waals surface area (Å²) in [4.78, 5) is 14.6. The minimum absolute atomic E-state index is 0.258. The van der Waals surface area contributed by atoms with Crippen LogP contribution >= 0.6 is 15.9 Å². The van der Waals surface area contributed by atoms with Crippen molar-refractivity contribution in [1.82, 2.24) is 10.2 Å². The van der Waals surface area contributed by atoms with Gasteiger partial charge in [-0.05, 0) is 54.0 Å². The Morgan fingerprint density at radius 3 is 2.71 bits per heavy atom. The Bertz CT molecular complexity index is 575. The third kappa shape index (κ3) is 3.55. The average Bonchev–Trinajstić information content (AvgIpc) is 2.50. The standard InChI is InChI=1S/C15H18BrN3O2/c1-19-7-5-15(10-17,6-8-19)18-14(20)12-9-11(21-2)3-4-13(12)16/h3-4,9H,5-8H2,1-2H3,(H,18,20). The van der Waals surface area contributed by atoms with Crippen LogP contribution in [0.1, 0.15) is 23.2 Å². The molecule has 6 heteroatoms. The van der Waals surface area contributed by atoms with E-state index in [1.54, 1.807) is 25.3 Å². The van der Waals surface area contributed by atoms with Crippen LogP contribution in [0.3, 0.4) is 0 Å². The Morgan fingerprint density at radius 2 is 2.14 bits per heavy atom. The number of ether oxygens (including phenoxy) is 1. The fourth-order valence-corrected chi connectivity index (χ4v) is 2.78. The zero-order chi connectivity index (χ0) is 15.5. The lowest BCUT2D eigenvalue weighted by molar-refractivity contribution is 0.0881. The number of carbonyl (C=O) groups excluding carboxylic acids is 1. The monoisotopic (exact) mass is 351 g/mol. The molecule has 2 rings (SSSR count). The number of nitrogens with one attached hydrogen (secondary N) is 1. The van der Waals surface area contributed by atoms with Crippen LogP contribution in [-0.4, -0.2) is 43.6 Å². The molecule has 0 radical (unpaired) electrons. The Morgan fingerprint density at radius 1 is 1.48 bits per heavy atom. The zero-order valence-corrected chi connectivity index (χ0v) is 13.7. The van der Waals surface area contributed by atoms with E-state index in [-0.39, 0.29) is 5.91 Å². The number of amides is 1. The van der Waals surface area contributed by atoms with Gasteiger partial charge < -0.3 is 15.0 Å². The van der Waals surface area contributed by atoms with Gasteiger partial charge in [0, 0.05) is 17.6 Å². The lowest BCUT2D eigenvalue weighted by atomic mass is 9.89. The fourth-order valence-electron chi connectivity index (χ4n) is 2.36. The lowest BCUT2D eigenvalue weighted by Gasteiger charge is -2.36. The van der Waals surface area contributed by atoms with Crippen LogP contribution in [0.4, 0.5) is 0 Å². The maximum atomic E-state index is 12.5. The Hall–Kier alpha value is -1.58. The van der Waals surface area contributed by atoms with Gasteiger partial charge in [-0.25, -0.2) is 0 Å². The largest absolute Gasteiger partial charge is 0.497 e. The molecule has 1 heterocycles. The van der Waals surface area contributed by atoms with Crippen LogP contribution in [-0.2, 0) is 0 Å². The van der Waals surface area contributed by atoms with Gasteiger partial charge in [0.2, 0.25) is 0 Å². The molecule has 112 valence electrons. The van der Waals surface area contributed by atoms with Crippen molar-refractivity contribution in [2.75, 3.05) is 27.2 Å². The predicted molar refractivity (Wildman–Crippen MR) is 83.2 cm³/mol. The molecular formula is C15H18BrN3O2. The van der Waals surface area contributed by atoms with Gasteiger partial charge in [-0.15, -0.1) is 0 Å². The van der Waals surface area contributed by atoms with E-state index in [0.29, 0.717) is 28.6 Å². The van der Waals surface area contributed by atoms with E-state index in [0.717, 1.165) is 13.1 Å². The van der Waals surface area contributed by atoms with Crippen molar-refractivity contribution in [2.24, 2.45) is 0 Å². The molecule has 1 N–H and O–H groups in total. The molecule has 0 bridgehead atoms. The zero-order valence-electron chi connectivity index (χ0n) is 12.1. The molecule has 21 heavy (non-hydrogen) atoms. The number of hydrogen-bond acceptors (Lipinski definition) is 4. The number of halogens is 1. The second kappa shape index (κ2) is 6.46. The smallest absolute Gasteiger partial charge is 0.253 e. The number of likely N-dealkylation sites (tertiary alicyclic amines) is 1. The van der Waals surface area contributed by atoms with E-state index in [9.17, 15) is 10.1 Å². The Balaban J connectivity index is 2.19. The summed E-state index contributed by atoms with van der Waals surface area (Å²) < 4.78 is 5.83. The van der Waals surface area contributed by atoms with Crippen LogP contribution < -0.4 is 10.1 Å². The molecule has 0 unspecified atom stereocenters. The van der Waals surface area contributed by atoms with Crippen LogP contribution in [0.5, 0.6) is 5.75 Å². The number of nitrogens with zero attached hydrogens (tertiary/aromatic N) is 2.